The van der Waals surface area contributed by atoms with Gasteiger partial charge in [0.25, 0.3) is 0 Å². The highest BCUT2D eigenvalue weighted by molar-refractivity contribution is 5.82. The summed E-state index contributed by atoms with van der Waals surface area (Å²) in [5.74, 6) is 1.89. The molecule has 1 saturated heterocycles. The minimum atomic E-state index is -0.141. The van der Waals surface area contributed by atoms with Crippen molar-refractivity contribution in [3.63, 3.8) is 0 Å². The van der Waals surface area contributed by atoms with Crippen molar-refractivity contribution in [2.75, 3.05) is 6.54 Å². The Morgan fingerprint density at radius 3 is 2.73 bits per heavy atom. The quantitative estimate of drug-likeness (QED) is 0.863. The summed E-state index contributed by atoms with van der Waals surface area (Å²) in [6.45, 7) is 3.05. The molecule has 1 N–H and O–H groups in total. The maximum atomic E-state index is 12.9. The van der Waals surface area contributed by atoms with Gasteiger partial charge in [-0.2, -0.15) is 4.98 Å². The third kappa shape index (κ3) is 3.51. The average Bonchev–Trinajstić information content (AvgIpc) is 3.28. The van der Waals surface area contributed by atoms with Crippen molar-refractivity contribution < 1.29 is 9.32 Å². The van der Waals surface area contributed by atoms with E-state index in [1.807, 2.05) is 30.0 Å². The number of carbonyl (C=O) groups is 1. The van der Waals surface area contributed by atoms with Crippen LogP contribution < -0.4 is 5.32 Å². The second-order valence-electron chi connectivity index (χ2n) is 7.29. The fraction of sp³-hybridized carbons (Fsp3) is 0.550. The Morgan fingerprint density at radius 2 is 2.04 bits per heavy atom. The van der Waals surface area contributed by atoms with Gasteiger partial charge in [-0.1, -0.05) is 41.9 Å². The Balaban J connectivity index is 1.37. The van der Waals surface area contributed by atoms with Crippen molar-refractivity contribution in [3.05, 3.63) is 47.6 Å². The number of rotatable bonds is 6. The molecule has 1 aromatic carbocycles. The molecule has 2 aromatic rings. The number of hydrogen-bond donors (Lipinski definition) is 1. The summed E-state index contributed by atoms with van der Waals surface area (Å²) in [6.07, 6.45) is 5.33. The Kier molecular flexibility index (Phi) is 5.02. The standard InChI is InChI=1S/C20H26N4O2/c1-2-24(13-18-22-19(26-23-18)15-9-6-10-15)20(25)17-12-11-16(21-17)14-7-4-3-5-8-14/h3-5,7-8,15-17,21H,2,6,9-13H2,1H3/t16-,17-/m1/s1. The highest BCUT2D eigenvalue weighted by Gasteiger charge is 2.33. The monoisotopic (exact) mass is 354 g/mol. The lowest BCUT2D eigenvalue weighted by molar-refractivity contribution is -0.133. The van der Waals surface area contributed by atoms with E-state index >= 15 is 0 Å². The summed E-state index contributed by atoms with van der Waals surface area (Å²) in [7, 11) is 0. The minimum Gasteiger partial charge on any atom is -0.339 e. The first kappa shape index (κ1) is 17.2. The molecule has 0 radical (unpaired) electrons. The summed E-state index contributed by atoms with van der Waals surface area (Å²) in [6, 6.07) is 10.4. The molecular formula is C20H26N4O2. The first-order chi connectivity index (χ1) is 12.7. The van der Waals surface area contributed by atoms with Crippen LogP contribution in [0.3, 0.4) is 0 Å². The molecule has 138 valence electrons. The number of carbonyl (C=O) groups excluding carboxylic acids is 1. The molecule has 6 nitrogen and oxygen atoms in total. The zero-order chi connectivity index (χ0) is 17.9. The molecule has 26 heavy (non-hydrogen) atoms. The normalized spacial score (nSPS) is 23.0. The van der Waals surface area contributed by atoms with Gasteiger partial charge in [-0.25, -0.2) is 0 Å². The van der Waals surface area contributed by atoms with E-state index < -0.39 is 0 Å². The second-order valence-corrected chi connectivity index (χ2v) is 7.29. The lowest BCUT2D eigenvalue weighted by Gasteiger charge is -2.23. The predicted molar refractivity (Wildman–Crippen MR) is 97.3 cm³/mol. The molecule has 0 spiro atoms. The van der Waals surface area contributed by atoms with E-state index in [4.69, 9.17) is 4.52 Å². The third-order valence-corrected chi connectivity index (χ3v) is 5.61. The number of aromatic nitrogens is 2. The van der Waals surface area contributed by atoms with Crippen LogP contribution in [0.2, 0.25) is 0 Å². The first-order valence-corrected chi connectivity index (χ1v) is 9.67. The largest absolute Gasteiger partial charge is 0.339 e. The SMILES string of the molecule is CCN(Cc1noc(C2CCC2)n1)C(=O)[C@H]1CC[C@H](c2ccccc2)N1. The van der Waals surface area contributed by atoms with Gasteiger partial charge in [0.15, 0.2) is 5.82 Å². The van der Waals surface area contributed by atoms with Crippen LogP contribution in [0.15, 0.2) is 34.9 Å². The molecular weight excluding hydrogens is 328 g/mol. The van der Waals surface area contributed by atoms with E-state index in [1.165, 1.54) is 12.0 Å². The van der Waals surface area contributed by atoms with Gasteiger partial charge < -0.3 is 9.42 Å². The first-order valence-electron chi connectivity index (χ1n) is 9.67. The van der Waals surface area contributed by atoms with Crippen molar-refractivity contribution in [2.24, 2.45) is 0 Å². The van der Waals surface area contributed by atoms with Gasteiger partial charge >= 0.3 is 0 Å². The highest BCUT2D eigenvalue weighted by Crippen LogP contribution is 2.35. The van der Waals surface area contributed by atoms with Crippen LogP contribution in [0, 0.1) is 0 Å². The van der Waals surface area contributed by atoms with E-state index in [-0.39, 0.29) is 18.0 Å². The number of hydrogen-bond acceptors (Lipinski definition) is 5. The maximum absolute atomic E-state index is 12.9. The Labute approximate surface area is 154 Å². The highest BCUT2D eigenvalue weighted by atomic mass is 16.5. The molecule has 1 saturated carbocycles. The molecule has 0 bridgehead atoms. The number of nitrogens with zero attached hydrogens (tertiary/aromatic N) is 3. The fourth-order valence-corrected chi connectivity index (χ4v) is 3.78. The van der Waals surface area contributed by atoms with E-state index in [0.717, 1.165) is 31.6 Å². The number of nitrogens with one attached hydrogen (secondary N) is 1. The Morgan fingerprint density at radius 1 is 1.23 bits per heavy atom. The smallest absolute Gasteiger partial charge is 0.240 e. The summed E-state index contributed by atoms with van der Waals surface area (Å²) < 4.78 is 5.38. The molecule has 2 atom stereocenters. The molecule has 1 aliphatic heterocycles. The summed E-state index contributed by atoms with van der Waals surface area (Å²) in [5, 5.41) is 7.57. The van der Waals surface area contributed by atoms with Crippen molar-refractivity contribution in [1.82, 2.24) is 20.4 Å². The van der Waals surface area contributed by atoms with Crippen LogP contribution in [0.5, 0.6) is 0 Å². The number of amides is 1. The number of benzene rings is 1. The van der Waals surface area contributed by atoms with Crippen molar-refractivity contribution >= 4 is 5.91 Å². The Hall–Kier alpha value is -2.21. The van der Waals surface area contributed by atoms with Gasteiger partial charge in [0.05, 0.1) is 12.6 Å². The van der Waals surface area contributed by atoms with Crippen LogP contribution in [0.25, 0.3) is 0 Å². The molecule has 2 heterocycles. The summed E-state index contributed by atoms with van der Waals surface area (Å²) >= 11 is 0. The van der Waals surface area contributed by atoms with E-state index in [9.17, 15) is 4.79 Å². The van der Waals surface area contributed by atoms with Gasteiger partial charge in [0, 0.05) is 18.5 Å². The molecule has 2 aliphatic rings. The minimum absolute atomic E-state index is 0.126. The molecule has 2 fully saturated rings. The van der Waals surface area contributed by atoms with Gasteiger partial charge in [-0.15, -0.1) is 0 Å². The van der Waals surface area contributed by atoms with Gasteiger partial charge in [0.1, 0.15) is 0 Å². The van der Waals surface area contributed by atoms with Crippen molar-refractivity contribution in [3.8, 4) is 0 Å². The van der Waals surface area contributed by atoms with E-state index in [0.29, 0.717) is 24.8 Å². The lowest BCUT2D eigenvalue weighted by atomic mass is 9.85. The fourth-order valence-electron chi connectivity index (χ4n) is 3.78. The molecule has 0 unspecified atom stereocenters. The van der Waals surface area contributed by atoms with Gasteiger partial charge in [-0.05, 0) is 38.2 Å². The zero-order valence-electron chi connectivity index (χ0n) is 15.2. The van der Waals surface area contributed by atoms with Crippen LogP contribution in [0.1, 0.15) is 68.3 Å². The third-order valence-electron chi connectivity index (χ3n) is 5.61. The lowest BCUT2D eigenvalue weighted by Crippen LogP contribution is -2.43. The topological polar surface area (TPSA) is 71.3 Å². The maximum Gasteiger partial charge on any atom is 0.240 e. The average molecular weight is 354 g/mol. The Bertz CT molecular complexity index is 741. The van der Waals surface area contributed by atoms with Crippen LogP contribution in [-0.2, 0) is 11.3 Å². The second kappa shape index (κ2) is 7.58. The zero-order valence-corrected chi connectivity index (χ0v) is 15.2. The van der Waals surface area contributed by atoms with Crippen LogP contribution in [0.4, 0.5) is 0 Å². The molecule has 1 aromatic heterocycles. The van der Waals surface area contributed by atoms with Gasteiger partial charge in [0.2, 0.25) is 11.8 Å². The molecule has 1 aliphatic carbocycles. The molecule has 4 rings (SSSR count). The van der Waals surface area contributed by atoms with E-state index in [2.05, 4.69) is 27.6 Å². The predicted octanol–water partition coefficient (Wildman–Crippen LogP) is 3.18. The van der Waals surface area contributed by atoms with Crippen LogP contribution in [-0.4, -0.2) is 33.5 Å². The van der Waals surface area contributed by atoms with Gasteiger partial charge in [-0.3, -0.25) is 10.1 Å². The summed E-state index contributed by atoms with van der Waals surface area (Å²) in [5.41, 5.74) is 1.24. The molecule has 1 amide bonds. The van der Waals surface area contributed by atoms with Crippen molar-refractivity contribution in [1.29, 1.82) is 0 Å². The molecule has 6 heteroatoms. The summed E-state index contributed by atoms with van der Waals surface area (Å²) in [4.78, 5) is 19.3. The van der Waals surface area contributed by atoms with Crippen molar-refractivity contribution in [2.45, 2.75) is 63.6 Å². The number of likely N-dealkylation sites (N-methyl/N-ethyl adjacent to an activating group) is 1. The van der Waals surface area contributed by atoms with Crippen LogP contribution >= 0.6 is 0 Å². The van der Waals surface area contributed by atoms with E-state index in [1.54, 1.807) is 0 Å².